The topological polar surface area (TPSA) is 112 Å². The van der Waals surface area contributed by atoms with Gasteiger partial charge in [0.25, 0.3) is 0 Å². The van der Waals surface area contributed by atoms with Gasteiger partial charge in [-0.25, -0.2) is 19.6 Å². The van der Waals surface area contributed by atoms with Crippen LogP contribution in [0, 0.1) is 0 Å². The van der Waals surface area contributed by atoms with Crippen LogP contribution in [0.3, 0.4) is 0 Å². The molecule has 2 amide bonds. The number of hydrogen-bond acceptors (Lipinski definition) is 9. The van der Waals surface area contributed by atoms with Crippen LogP contribution in [0.2, 0.25) is 0 Å². The Labute approximate surface area is 293 Å². The van der Waals surface area contributed by atoms with E-state index in [-0.39, 0.29) is 12.2 Å². The quantitative estimate of drug-likeness (QED) is 0.378. The van der Waals surface area contributed by atoms with Crippen molar-refractivity contribution in [3.63, 3.8) is 0 Å². The molecule has 2 aromatic rings. The van der Waals surface area contributed by atoms with E-state index >= 15 is 0 Å². The van der Waals surface area contributed by atoms with Gasteiger partial charge in [0, 0.05) is 70.3 Å². The van der Waals surface area contributed by atoms with Crippen LogP contribution in [0.5, 0.6) is 0 Å². The normalized spacial score (nSPS) is 20.1. The highest BCUT2D eigenvalue weighted by Gasteiger charge is 2.37. The summed E-state index contributed by atoms with van der Waals surface area (Å²) in [5.74, 6) is 2.57. The van der Waals surface area contributed by atoms with Gasteiger partial charge >= 0.3 is 12.2 Å². The third-order valence-corrected chi connectivity index (χ3v) is 9.78. The molecule has 49 heavy (non-hydrogen) atoms. The molecule has 0 spiro atoms. The lowest BCUT2D eigenvalue weighted by atomic mass is 9.85. The van der Waals surface area contributed by atoms with Crippen molar-refractivity contribution >= 4 is 23.8 Å². The average Bonchev–Trinajstić information content (AvgIpc) is 3.80. The largest absolute Gasteiger partial charge is 0.444 e. The van der Waals surface area contributed by atoms with E-state index in [1.165, 1.54) is 31.2 Å². The first-order chi connectivity index (χ1) is 23.2. The molecule has 11 nitrogen and oxygen atoms in total. The number of hydrogen-bond donors (Lipinski definition) is 1. The minimum absolute atomic E-state index is 0.191. The van der Waals surface area contributed by atoms with Crippen LogP contribution in [0.4, 0.5) is 21.2 Å². The second-order valence-corrected chi connectivity index (χ2v) is 16.0. The minimum atomic E-state index is -0.922. The second-order valence-electron chi connectivity index (χ2n) is 16.0. The molecule has 0 atom stereocenters. The van der Waals surface area contributed by atoms with Crippen LogP contribution < -0.4 is 9.80 Å². The molecule has 0 aliphatic carbocycles. The highest BCUT2D eigenvalue weighted by atomic mass is 16.6. The van der Waals surface area contributed by atoms with Crippen molar-refractivity contribution in [3.05, 3.63) is 47.8 Å². The number of rotatable bonds is 4. The molecule has 0 radical (unpaired) electrons. The van der Waals surface area contributed by atoms with E-state index in [9.17, 15) is 14.7 Å². The Kier molecular flexibility index (Phi) is 11.6. The number of amides is 2. The van der Waals surface area contributed by atoms with E-state index in [1.807, 2.05) is 64.8 Å². The van der Waals surface area contributed by atoms with Crippen LogP contribution in [0.1, 0.15) is 110 Å². The molecule has 0 saturated carbocycles. The van der Waals surface area contributed by atoms with E-state index < -0.39 is 16.8 Å². The number of pyridine rings is 2. The highest BCUT2D eigenvalue weighted by Crippen LogP contribution is 2.34. The predicted molar refractivity (Wildman–Crippen MR) is 192 cm³/mol. The molecule has 4 saturated heterocycles. The molecule has 6 heterocycles. The van der Waals surface area contributed by atoms with Gasteiger partial charge in [-0.2, -0.15) is 0 Å². The Balaban J connectivity index is 0.000000191. The Bertz CT molecular complexity index is 1360. The third-order valence-electron chi connectivity index (χ3n) is 9.78. The molecule has 1 N–H and O–H groups in total. The number of carbonyl (C=O) groups is 2. The number of aromatic nitrogens is 2. The Morgan fingerprint density at radius 1 is 0.673 bits per heavy atom. The van der Waals surface area contributed by atoms with Crippen molar-refractivity contribution in [1.82, 2.24) is 19.8 Å². The number of nitrogens with zero attached hydrogens (tertiary/aromatic N) is 6. The van der Waals surface area contributed by atoms with Gasteiger partial charge in [-0.3, -0.25) is 0 Å². The lowest BCUT2D eigenvalue weighted by Gasteiger charge is -2.38. The summed E-state index contributed by atoms with van der Waals surface area (Å²) in [7, 11) is 0. The summed E-state index contributed by atoms with van der Waals surface area (Å²) in [6.07, 6.45) is 11.2. The minimum Gasteiger partial charge on any atom is -0.444 e. The van der Waals surface area contributed by atoms with Crippen molar-refractivity contribution in [2.45, 2.75) is 116 Å². The van der Waals surface area contributed by atoms with Crippen LogP contribution in [-0.2, 0) is 15.1 Å². The summed E-state index contributed by atoms with van der Waals surface area (Å²) >= 11 is 0. The van der Waals surface area contributed by atoms with Gasteiger partial charge in [0.15, 0.2) is 0 Å². The Morgan fingerprint density at radius 2 is 1.12 bits per heavy atom. The number of ether oxygens (including phenoxy) is 2. The molecular formula is C38H58N6O5. The molecule has 4 aliphatic heterocycles. The molecule has 270 valence electrons. The fraction of sp³-hybridized carbons (Fsp3) is 0.684. The maximum absolute atomic E-state index is 12.2. The zero-order chi connectivity index (χ0) is 35.2. The number of carbonyl (C=O) groups excluding carboxylic acids is 2. The van der Waals surface area contributed by atoms with Gasteiger partial charge in [-0.15, -0.1) is 0 Å². The molecular weight excluding hydrogens is 620 g/mol. The first kappa shape index (κ1) is 36.7. The predicted octanol–water partition coefficient (Wildman–Crippen LogP) is 6.70. The summed E-state index contributed by atoms with van der Waals surface area (Å²) < 4.78 is 10.9. The van der Waals surface area contributed by atoms with Crippen molar-refractivity contribution in [2.75, 3.05) is 62.2 Å². The summed E-state index contributed by atoms with van der Waals surface area (Å²) in [6, 6.07) is 8.35. The van der Waals surface area contributed by atoms with Crippen LogP contribution in [0.15, 0.2) is 36.7 Å². The smallest absolute Gasteiger partial charge is 0.410 e. The fourth-order valence-electron chi connectivity index (χ4n) is 6.96. The molecule has 0 bridgehead atoms. The van der Waals surface area contributed by atoms with Gasteiger partial charge in [0.05, 0.1) is 5.60 Å². The summed E-state index contributed by atoms with van der Waals surface area (Å²) in [4.78, 5) is 41.6. The zero-order valence-corrected chi connectivity index (χ0v) is 30.6. The SMILES string of the molecule is CC(C)(C)OC(=O)N1CCC(O)(c2ccc(N3CCCC3)nc2)CC1.CC(C)(C)OC(=O)N1CCC(c2ccc(N3CCCC3)nc2)CC1. The number of aliphatic hydroxyl groups is 1. The van der Waals surface area contributed by atoms with E-state index in [1.54, 1.807) is 11.1 Å². The molecule has 4 aliphatic rings. The lowest BCUT2D eigenvalue weighted by molar-refractivity contribution is -0.0358. The lowest BCUT2D eigenvalue weighted by Crippen LogP contribution is -2.46. The van der Waals surface area contributed by atoms with Crippen molar-refractivity contribution in [3.8, 4) is 0 Å². The summed E-state index contributed by atoms with van der Waals surface area (Å²) in [5, 5.41) is 11.0. The van der Waals surface area contributed by atoms with Gasteiger partial charge in [0.2, 0.25) is 0 Å². The van der Waals surface area contributed by atoms with Gasteiger partial charge in [-0.05, 0) is 117 Å². The van der Waals surface area contributed by atoms with E-state index in [4.69, 9.17) is 9.47 Å². The van der Waals surface area contributed by atoms with Gasteiger partial charge in [-0.1, -0.05) is 12.1 Å². The first-order valence-electron chi connectivity index (χ1n) is 18.3. The molecule has 2 aromatic heterocycles. The molecule has 0 unspecified atom stereocenters. The maximum atomic E-state index is 12.2. The van der Waals surface area contributed by atoms with Crippen molar-refractivity contribution < 1.29 is 24.2 Å². The number of piperidine rings is 2. The number of likely N-dealkylation sites (tertiary alicyclic amines) is 2. The average molecular weight is 679 g/mol. The summed E-state index contributed by atoms with van der Waals surface area (Å²) in [6.45, 7) is 18.2. The molecule has 11 heteroatoms. The van der Waals surface area contributed by atoms with Gasteiger partial charge < -0.3 is 34.2 Å². The molecule has 6 rings (SSSR count). The standard InChI is InChI=1S/C19H29N3O3.C19H29N3O2/c1-18(2,3)25-17(23)22-12-8-19(24,9-13-22)15-6-7-16(20-14-15)21-10-4-5-11-21;1-19(2,3)24-18(23)22-12-8-15(9-13-22)16-6-7-17(20-14-16)21-10-4-5-11-21/h6-7,14,24H,4-5,8-13H2,1-3H3;6-7,14-15H,4-5,8-13H2,1-3H3. The van der Waals surface area contributed by atoms with Crippen LogP contribution in [0.25, 0.3) is 0 Å². The molecule has 4 fully saturated rings. The first-order valence-corrected chi connectivity index (χ1v) is 18.3. The fourth-order valence-corrected chi connectivity index (χ4v) is 6.96. The Hall–Kier alpha value is -3.60. The second kappa shape index (κ2) is 15.5. The van der Waals surface area contributed by atoms with Crippen molar-refractivity contribution in [1.29, 1.82) is 0 Å². The molecule has 0 aromatic carbocycles. The van der Waals surface area contributed by atoms with Crippen LogP contribution in [-0.4, -0.2) is 101 Å². The monoisotopic (exact) mass is 678 g/mol. The maximum Gasteiger partial charge on any atom is 0.410 e. The third kappa shape index (κ3) is 10.2. The Morgan fingerprint density at radius 3 is 1.53 bits per heavy atom. The number of anilines is 2. The van der Waals surface area contributed by atoms with Gasteiger partial charge in [0.1, 0.15) is 22.8 Å². The van der Waals surface area contributed by atoms with E-state index in [0.717, 1.165) is 69.3 Å². The van der Waals surface area contributed by atoms with E-state index in [0.29, 0.717) is 31.8 Å². The van der Waals surface area contributed by atoms with Crippen molar-refractivity contribution in [2.24, 2.45) is 0 Å². The highest BCUT2D eigenvalue weighted by molar-refractivity contribution is 5.68. The van der Waals surface area contributed by atoms with Crippen LogP contribution >= 0.6 is 0 Å². The zero-order valence-electron chi connectivity index (χ0n) is 30.6. The summed E-state index contributed by atoms with van der Waals surface area (Å²) in [5.41, 5.74) is 0.277. The van der Waals surface area contributed by atoms with E-state index in [2.05, 4.69) is 31.9 Å².